The molecule has 0 bridgehead atoms. The highest BCUT2D eigenvalue weighted by Crippen LogP contribution is 2.22. The molecule has 25 heavy (non-hydrogen) atoms. The summed E-state index contributed by atoms with van der Waals surface area (Å²) in [7, 11) is 2.00. The second kappa shape index (κ2) is 8.15. The summed E-state index contributed by atoms with van der Waals surface area (Å²) >= 11 is 7.59. The van der Waals surface area contributed by atoms with Gasteiger partial charge in [0.15, 0.2) is 0 Å². The highest BCUT2D eigenvalue weighted by molar-refractivity contribution is 7.10. The van der Waals surface area contributed by atoms with E-state index in [0.717, 1.165) is 32.4 Å². The first-order valence-electron chi connectivity index (χ1n) is 8.55. The number of carbonyl (C=O) groups excluding carboxylic acids is 1. The molecule has 1 aliphatic heterocycles. The van der Waals surface area contributed by atoms with Crippen molar-refractivity contribution in [3.8, 4) is 0 Å². The lowest BCUT2D eigenvalue weighted by molar-refractivity contribution is -0.132. The standard InChI is InChI=1S/C18H23ClN4OS/c1-13-7-10-25-16(13)3-4-17(24)23-8-5-15(6-9-23)22(2)18-20-11-14(19)12-21-18/h7,10-12,15H,3-6,8-9H2,1-2H3. The Labute approximate surface area is 157 Å². The molecule has 0 atom stereocenters. The van der Waals surface area contributed by atoms with Crippen LogP contribution >= 0.6 is 22.9 Å². The number of amides is 1. The van der Waals surface area contributed by atoms with Crippen LogP contribution in [0, 0.1) is 6.92 Å². The van der Waals surface area contributed by atoms with Gasteiger partial charge >= 0.3 is 0 Å². The van der Waals surface area contributed by atoms with Crippen molar-refractivity contribution in [1.29, 1.82) is 0 Å². The number of hydrogen-bond donors (Lipinski definition) is 0. The first-order valence-corrected chi connectivity index (χ1v) is 9.81. The summed E-state index contributed by atoms with van der Waals surface area (Å²) in [6.07, 6.45) is 6.55. The Balaban J connectivity index is 1.48. The minimum Gasteiger partial charge on any atom is -0.343 e. The Morgan fingerprint density at radius 2 is 2.04 bits per heavy atom. The zero-order valence-corrected chi connectivity index (χ0v) is 16.2. The molecule has 0 aromatic carbocycles. The van der Waals surface area contributed by atoms with Crippen LogP contribution in [-0.4, -0.2) is 47.0 Å². The lowest BCUT2D eigenvalue weighted by Crippen LogP contribution is -2.46. The van der Waals surface area contributed by atoms with Gasteiger partial charge in [0, 0.05) is 37.5 Å². The number of thiophene rings is 1. The summed E-state index contributed by atoms with van der Waals surface area (Å²) in [6, 6.07) is 2.47. The number of halogens is 1. The number of piperidine rings is 1. The van der Waals surface area contributed by atoms with Gasteiger partial charge in [0.1, 0.15) is 0 Å². The number of aromatic nitrogens is 2. The minimum absolute atomic E-state index is 0.261. The molecule has 0 aliphatic carbocycles. The Bertz CT molecular complexity index is 710. The second-order valence-corrected chi connectivity index (χ2v) is 7.89. The third-order valence-corrected chi connectivity index (χ3v) is 6.10. The van der Waals surface area contributed by atoms with Crippen molar-refractivity contribution in [1.82, 2.24) is 14.9 Å². The minimum atomic E-state index is 0.261. The summed E-state index contributed by atoms with van der Waals surface area (Å²) < 4.78 is 0. The summed E-state index contributed by atoms with van der Waals surface area (Å²) in [6.45, 7) is 3.70. The van der Waals surface area contributed by atoms with Gasteiger partial charge in [0.25, 0.3) is 0 Å². The number of nitrogens with zero attached hydrogens (tertiary/aromatic N) is 4. The Kier molecular flexibility index (Phi) is 5.91. The van der Waals surface area contributed by atoms with Gasteiger partial charge < -0.3 is 9.80 Å². The molecule has 0 spiro atoms. The molecule has 0 unspecified atom stereocenters. The average Bonchev–Trinajstić information content (AvgIpc) is 3.05. The third-order valence-electron chi connectivity index (χ3n) is 4.82. The molecule has 7 heteroatoms. The van der Waals surface area contributed by atoms with Crippen molar-refractivity contribution in [3.63, 3.8) is 0 Å². The van der Waals surface area contributed by atoms with E-state index in [1.807, 2.05) is 11.9 Å². The van der Waals surface area contributed by atoms with E-state index in [4.69, 9.17) is 11.6 Å². The van der Waals surface area contributed by atoms with Crippen LogP contribution in [0.1, 0.15) is 29.7 Å². The maximum absolute atomic E-state index is 12.5. The number of anilines is 1. The van der Waals surface area contributed by atoms with Crippen molar-refractivity contribution < 1.29 is 4.79 Å². The van der Waals surface area contributed by atoms with E-state index in [1.165, 1.54) is 10.4 Å². The zero-order valence-electron chi connectivity index (χ0n) is 14.6. The predicted octanol–water partition coefficient (Wildman–Crippen LogP) is 3.56. The van der Waals surface area contributed by atoms with E-state index in [1.54, 1.807) is 23.7 Å². The topological polar surface area (TPSA) is 49.3 Å². The van der Waals surface area contributed by atoms with Crippen LogP contribution in [-0.2, 0) is 11.2 Å². The quantitative estimate of drug-likeness (QED) is 0.798. The number of carbonyl (C=O) groups is 1. The van der Waals surface area contributed by atoms with Gasteiger partial charge in [-0.3, -0.25) is 4.79 Å². The molecule has 1 saturated heterocycles. The molecule has 134 valence electrons. The molecular formula is C18H23ClN4OS. The van der Waals surface area contributed by atoms with Gasteiger partial charge in [-0.1, -0.05) is 11.6 Å². The van der Waals surface area contributed by atoms with E-state index in [0.29, 0.717) is 23.4 Å². The van der Waals surface area contributed by atoms with Crippen LogP contribution in [0.15, 0.2) is 23.8 Å². The SMILES string of the molecule is Cc1ccsc1CCC(=O)N1CCC(N(C)c2ncc(Cl)cn2)CC1. The normalized spacial score (nSPS) is 15.4. The summed E-state index contributed by atoms with van der Waals surface area (Å²) in [5, 5.41) is 2.63. The number of rotatable bonds is 5. The van der Waals surface area contributed by atoms with Crippen LogP contribution in [0.3, 0.4) is 0 Å². The fourth-order valence-corrected chi connectivity index (χ4v) is 4.20. The van der Waals surface area contributed by atoms with Crippen molar-refractivity contribution >= 4 is 34.8 Å². The van der Waals surface area contributed by atoms with Gasteiger partial charge in [-0.05, 0) is 43.2 Å². The third kappa shape index (κ3) is 4.50. The van der Waals surface area contributed by atoms with Crippen molar-refractivity contribution in [3.05, 3.63) is 39.3 Å². The van der Waals surface area contributed by atoms with Crippen molar-refractivity contribution in [2.45, 2.75) is 38.6 Å². The largest absolute Gasteiger partial charge is 0.343 e. The molecule has 3 rings (SSSR count). The van der Waals surface area contributed by atoms with E-state index in [-0.39, 0.29) is 5.91 Å². The molecule has 0 radical (unpaired) electrons. The zero-order chi connectivity index (χ0) is 17.8. The van der Waals surface area contributed by atoms with Crippen molar-refractivity contribution in [2.24, 2.45) is 0 Å². The molecule has 1 amide bonds. The molecule has 0 saturated carbocycles. The second-order valence-electron chi connectivity index (χ2n) is 6.45. The highest BCUT2D eigenvalue weighted by Gasteiger charge is 2.26. The van der Waals surface area contributed by atoms with Gasteiger partial charge in [-0.15, -0.1) is 11.3 Å². The van der Waals surface area contributed by atoms with Gasteiger partial charge in [0.05, 0.1) is 17.4 Å². The maximum Gasteiger partial charge on any atom is 0.225 e. The van der Waals surface area contributed by atoms with Crippen LogP contribution < -0.4 is 4.90 Å². The highest BCUT2D eigenvalue weighted by atomic mass is 35.5. The maximum atomic E-state index is 12.5. The first-order chi connectivity index (χ1) is 12.0. The average molecular weight is 379 g/mol. The smallest absolute Gasteiger partial charge is 0.225 e. The van der Waals surface area contributed by atoms with Crippen LogP contribution in [0.5, 0.6) is 0 Å². The first kappa shape index (κ1) is 18.1. The van der Waals surface area contributed by atoms with E-state index in [9.17, 15) is 4.79 Å². The van der Waals surface area contributed by atoms with Gasteiger partial charge in [0.2, 0.25) is 11.9 Å². The summed E-state index contributed by atoms with van der Waals surface area (Å²) in [4.78, 5) is 26.4. The van der Waals surface area contributed by atoms with Crippen LogP contribution in [0.4, 0.5) is 5.95 Å². The van der Waals surface area contributed by atoms with E-state index in [2.05, 4.69) is 33.2 Å². The fraction of sp³-hybridized carbons (Fsp3) is 0.500. The van der Waals surface area contributed by atoms with Crippen molar-refractivity contribution in [2.75, 3.05) is 25.0 Å². The summed E-state index contributed by atoms with van der Waals surface area (Å²) in [5.41, 5.74) is 1.29. The molecule has 0 N–H and O–H groups in total. The van der Waals surface area contributed by atoms with E-state index >= 15 is 0 Å². The van der Waals surface area contributed by atoms with Crippen LogP contribution in [0.25, 0.3) is 0 Å². The molecule has 5 nitrogen and oxygen atoms in total. The van der Waals surface area contributed by atoms with Crippen LogP contribution in [0.2, 0.25) is 5.02 Å². The Morgan fingerprint density at radius 1 is 1.36 bits per heavy atom. The summed E-state index contributed by atoms with van der Waals surface area (Å²) in [5.74, 6) is 0.944. The van der Waals surface area contributed by atoms with Gasteiger partial charge in [-0.2, -0.15) is 0 Å². The molecular weight excluding hydrogens is 356 g/mol. The molecule has 2 aromatic rings. The Morgan fingerprint density at radius 3 is 2.64 bits per heavy atom. The predicted molar refractivity (Wildman–Crippen MR) is 102 cm³/mol. The number of likely N-dealkylation sites (tertiary alicyclic amines) is 1. The monoisotopic (exact) mass is 378 g/mol. The Hall–Kier alpha value is -1.66. The lowest BCUT2D eigenvalue weighted by atomic mass is 10.0. The molecule has 1 fully saturated rings. The van der Waals surface area contributed by atoms with Gasteiger partial charge in [-0.25, -0.2) is 9.97 Å². The molecule has 3 heterocycles. The molecule has 1 aliphatic rings. The lowest BCUT2D eigenvalue weighted by Gasteiger charge is -2.36. The van der Waals surface area contributed by atoms with E-state index < -0.39 is 0 Å². The molecule has 2 aromatic heterocycles. The number of aryl methyl sites for hydroxylation is 2. The number of hydrogen-bond acceptors (Lipinski definition) is 5. The fourth-order valence-electron chi connectivity index (χ4n) is 3.19.